The Morgan fingerprint density at radius 3 is 2.76 bits per heavy atom. The van der Waals surface area contributed by atoms with Gasteiger partial charge >= 0.3 is 6.16 Å². The highest BCUT2D eigenvalue weighted by Crippen LogP contribution is 2.66. The van der Waals surface area contributed by atoms with Gasteiger partial charge in [-0.05, 0) is 75.0 Å². The number of hydrogen-bond acceptors (Lipinski definition) is 9. The van der Waals surface area contributed by atoms with Gasteiger partial charge in [0.2, 0.25) is 0 Å². The summed E-state index contributed by atoms with van der Waals surface area (Å²) in [4.78, 5) is 13.0. The van der Waals surface area contributed by atoms with Crippen LogP contribution in [0.25, 0.3) is 0 Å². The molecule has 9 heteroatoms. The third kappa shape index (κ3) is 3.41. The van der Waals surface area contributed by atoms with E-state index in [4.69, 9.17) is 37.9 Å². The Morgan fingerprint density at radius 2 is 1.97 bits per heavy atom. The lowest BCUT2D eigenvalue weighted by Crippen LogP contribution is -2.57. The highest BCUT2D eigenvalue weighted by molar-refractivity contribution is 5.65. The van der Waals surface area contributed by atoms with Gasteiger partial charge in [0.15, 0.2) is 29.7 Å². The Kier molecular flexibility index (Phi) is 5.58. The average molecular weight is 529 g/mol. The van der Waals surface area contributed by atoms with Crippen LogP contribution >= 0.6 is 0 Å². The Morgan fingerprint density at radius 1 is 1.16 bits per heavy atom. The van der Waals surface area contributed by atoms with Gasteiger partial charge in [0.1, 0.15) is 30.7 Å². The molecule has 3 fully saturated rings. The molecule has 2 bridgehead atoms. The fourth-order valence-electron chi connectivity index (χ4n) is 8.18. The van der Waals surface area contributed by atoms with Crippen LogP contribution in [0.2, 0.25) is 0 Å². The summed E-state index contributed by atoms with van der Waals surface area (Å²) in [6.45, 7) is 6.02. The van der Waals surface area contributed by atoms with E-state index >= 15 is 0 Å². The first-order valence-electron chi connectivity index (χ1n) is 13.7. The molecule has 1 aromatic carbocycles. The van der Waals surface area contributed by atoms with Crippen molar-refractivity contribution in [2.24, 2.45) is 17.8 Å². The molecule has 0 radical (unpaired) electrons. The zero-order valence-electron chi connectivity index (χ0n) is 22.6. The van der Waals surface area contributed by atoms with Crippen LogP contribution in [0.5, 0.6) is 11.5 Å². The van der Waals surface area contributed by atoms with Crippen molar-refractivity contribution in [1.82, 2.24) is 0 Å². The van der Waals surface area contributed by atoms with E-state index in [9.17, 15) is 4.79 Å². The maximum atomic E-state index is 13.0. The molecule has 2 saturated heterocycles. The lowest BCUT2D eigenvalue weighted by atomic mass is 9.47. The third-order valence-electron chi connectivity index (χ3n) is 9.71. The highest BCUT2D eigenvalue weighted by Gasteiger charge is 2.65. The largest absolute Gasteiger partial charge is 0.513 e. The first-order chi connectivity index (χ1) is 18.3. The van der Waals surface area contributed by atoms with Crippen LogP contribution in [0, 0.1) is 17.8 Å². The lowest BCUT2D eigenvalue weighted by molar-refractivity contribution is -0.230. The topological polar surface area (TPSA) is 90.9 Å². The van der Waals surface area contributed by atoms with E-state index in [1.165, 1.54) is 11.1 Å². The maximum Gasteiger partial charge on any atom is 0.513 e. The molecule has 38 heavy (non-hydrogen) atoms. The fourth-order valence-corrected chi connectivity index (χ4v) is 8.18. The normalized spacial score (nSPS) is 41.0. The van der Waals surface area contributed by atoms with E-state index in [-0.39, 0.29) is 24.2 Å². The SMILES string of the molecule is COc1ccc2c3c1OC1C(OC(=O)OC[C@H]4OC(OC)C5OC(C)(C)OC54)=CCC4[C@@H](C2)C(C)CCC314. The Bertz CT molecular complexity index is 1180. The van der Waals surface area contributed by atoms with Crippen molar-refractivity contribution in [3.05, 3.63) is 35.1 Å². The van der Waals surface area contributed by atoms with Crippen LogP contribution in [-0.2, 0) is 40.3 Å². The van der Waals surface area contributed by atoms with Crippen molar-refractivity contribution in [3.8, 4) is 11.5 Å². The monoisotopic (exact) mass is 528 g/mol. The molecular formula is C29H36O9. The number of methoxy groups -OCH3 is 2. The van der Waals surface area contributed by atoms with Crippen molar-refractivity contribution in [2.75, 3.05) is 20.8 Å². The molecule has 3 aliphatic heterocycles. The summed E-state index contributed by atoms with van der Waals surface area (Å²) in [5.74, 6) is 2.95. The number of rotatable bonds is 5. The van der Waals surface area contributed by atoms with Gasteiger partial charge in [-0.3, -0.25) is 0 Å². The smallest absolute Gasteiger partial charge is 0.493 e. The van der Waals surface area contributed by atoms with Crippen LogP contribution in [0.3, 0.4) is 0 Å². The predicted octanol–water partition coefficient (Wildman–Crippen LogP) is 4.24. The van der Waals surface area contributed by atoms with Crippen LogP contribution in [0.1, 0.15) is 51.2 Å². The van der Waals surface area contributed by atoms with Gasteiger partial charge in [0.25, 0.3) is 0 Å². The second kappa shape index (κ2) is 8.58. The van der Waals surface area contributed by atoms with Gasteiger partial charge < -0.3 is 37.9 Å². The molecule has 1 saturated carbocycles. The van der Waals surface area contributed by atoms with Gasteiger partial charge in [-0.25, -0.2) is 4.79 Å². The van der Waals surface area contributed by atoms with E-state index < -0.39 is 30.4 Å². The molecule has 1 aromatic rings. The Balaban J connectivity index is 1.11. The summed E-state index contributed by atoms with van der Waals surface area (Å²) in [5.41, 5.74) is 2.38. The van der Waals surface area contributed by atoms with Crippen molar-refractivity contribution >= 4 is 6.16 Å². The molecule has 0 amide bonds. The first kappa shape index (κ1) is 24.7. The second-order valence-electron chi connectivity index (χ2n) is 12.0. The number of hydrogen-bond donors (Lipinski definition) is 0. The van der Waals surface area contributed by atoms with Crippen LogP contribution in [0.15, 0.2) is 24.0 Å². The summed E-state index contributed by atoms with van der Waals surface area (Å²) in [6.07, 6.45) is 2.96. The minimum atomic E-state index is -0.784. The number of carbonyl (C=O) groups excluding carboxylic acids is 1. The second-order valence-corrected chi connectivity index (χ2v) is 12.0. The van der Waals surface area contributed by atoms with E-state index in [0.29, 0.717) is 23.5 Å². The van der Waals surface area contributed by atoms with Gasteiger partial charge in [0, 0.05) is 18.1 Å². The third-order valence-corrected chi connectivity index (χ3v) is 9.71. The molecule has 9 atom stereocenters. The standard InChI is InChI=1S/C29H36O9/c1-14-10-11-29-17-7-9-19(25(29)36-22-18(31-4)8-6-15(21(22)29)12-16(14)17)35-27(30)33-13-20-23-24(26(32-5)34-20)38-28(2,3)37-23/h6,8-9,14,16-17,20,23-26H,7,10-13H2,1-5H3/t14?,16-,17?,20+,23?,24?,25?,26?,29?/m0/s1. The van der Waals surface area contributed by atoms with E-state index in [0.717, 1.165) is 37.2 Å². The Labute approximate surface area is 222 Å². The van der Waals surface area contributed by atoms with E-state index in [1.807, 2.05) is 26.0 Å². The molecule has 9 nitrogen and oxygen atoms in total. The lowest BCUT2D eigenvalue weighted by Gasteiger charge is -2.55. The summed E-state index contributed by atoms with van der Waals surface area (Å²) in [5, 5.41) is 0. The van der Waals surface area contributed by atoms with E-state index in [2.05, 4.69) is 13.0 Å². The maximum absolute atomic E-state index is 13.0. The molecule has 0 N–H and O–H groups in total. The minimum absolute atomic E-state index is 0.0380. The molecule has 7 unspecified atom stereocenters. The molecule has 0 aromatic heterocycles. The van der Waals surface area contributed by atoms with Crippen molar-refractivity contribution in [1.29, 1.82) is 0 Å². The first-order valence-corrected chi connectivity index (χ1v) is 13.7. The number of fused-ring (bicyclic) bond motifs is 1. The molecule has 206 valence electrons. The van der Waals surface area contributed by atoms with Gasteiger partial charge in [-0.2, -0.15) is 0 Å². The summed E-state index contributed by atoms with van der Waals surface area (Å²) < 4.78 is 47.0. The number of benzene rings is 1. The molecular weight excluding hydrogens is 492 g/mol. The van der Waals surface area contributed by atoms with Crippen LogP contribution in [-0.4, -0.2) is 63.5 Å². The average Bonchev–Trinajstić information content (AvgIpc) is 3.51. The molecule has 6 aliphatic rings. The quantitative estimate of drug-likeness (QED) is 0.521. The predicted molar refractivity (Wildman–Crippen MR) is 133 cm³/mol. The van der Waals surface area contributed by atoms with Crippen LogP contribution < -0.4 is 9.47 Å². The van der Waals surface area contributed by atoms with Crippen molar-refractivity contribution in [2.45, 2.75) is 88.4 Å². The zero-order valence-corrected chi connectivity index (χ0v) is 22.6. The van der Waals surface area contributed by atoms with Gasteiger partial charge in [-0.15, -0.1) is 0 Å². The highest BCUT2D eigenvalue weighted by atomic mass is 16.8. The van der Waals surface area contributed by atoms with E-state index in [1.54, 1.807) is 14.2 Å². The van der Waals surface area contributed by atoms with Crippen molar-refractivity contribution in [3.63, 3.8) is 0 Å². The molecule has 3 heterocycles. The van der Waals surface area contributed by atoms with Crippen molar-refractivity contribution < 1.29 is 42.7 Å². The van der Waals surface area contributed by atoms with Gasteiger partial charge in [0.05, 0.1) is 7.11 Å². The zero-order chi connectivity index (χ0) is 26.4. The number of allylic oxidation sites excluding steroid dienone is 1. The van der Waals surface area contributed by atoms with Gasteiger partial charge in [-0.1, -0.05) is 13.0 Å². The van der Waals surface area contributed by atoms with Crippen LogP contribution in [0.4, 0.5) is 4.79 Å². The molecule has 1 spiro atoms. The number of ether oxygens (including phenoxy) is 8. The summed E-state index contributed by atoms with van der Waals surface area (Å²) in [6, 6.07) is 4.19. The molecule has 7 rings (SSSR count). The molecule has 3 aliphatic carbocycles. The Hall–Kier alpha value is -2.33. The summed E-state index contributed by atoms with van der Waals surface area (Å²) in [7, 11) is 3.22. The fraction of sp³-hybridized carbons (Fsp3) is 0.690. The minimum Gasteiger partial charge on any atom is -0.493 e. The number of carbonyl (C=O) groups is 1. The summed E-state index contributed by atoms with van der Waals surface area (Å²) >= 11 is 0.